The smallest absolute Gasteiger partial charge is 0.237 e. The molecule has 1 unspecified atom stereocenters. The van der Waals surface area contributed by atoms with Crippen molar-refractivity contribution in [3.8, 4) is 5.88 Å². The van der Waals surface area contributed by atoms with Crippen molar-refractivity contribution in [3.05, 3.63) is 18.1 Å². The highest BCUT2D eigenvalue weighted by molar-refractivity contribution is 5.25. The first-order chi connectivity index (χ1) is 9.27. The lowest BCUT2D eigenvalue weighted by atomic mass is 9.89. The second-order valence-electron chi connectivity index (χ2n) is 4.88. The predicted molar refractivity (Wildman–Crippen MR) is 73.2 cm³/mol. The average molecular weight is 265 g/mol. The Bertz CT molecular complexity index is 405. The average Bonchev–Trinajstić information content (AvgIpc) is 2.90. The summed E-state index contributed by atoms with van der Waals surface area (Å²) in [6.07, 6.45) is 7.84. The number of rotatable bonds is 6. The lowest BCUT2D eigenvalue weighted by Crippen LogP contribution is -2.43. The minimum atomic E-state index is -0.188. The van der Waals surface area contributed by atoms with Gasteiger partial charge in [0.05, 0.1) is 18.8 Å². The van der Waals surface area contributed by atoms with Gasteiger partial charge in [-0.2, -0.15) is 0 Å². The number of hydrogen-bond donors (Lipinski definition) is 1. The van der Waals surface area contributed by atoms with Gasteiger partial charge in [-0.3, -0.25) is 4.98 Å². The minimum absolute atomic E-state index is 0.0126. The van der Waals surface area contributed by atoms with Gasteiger partial charge in [-0.25, -0.2) is 4.98 Å². The molecule has 1 aliphatic carbocycles. The molecule has 1 fully saturated rings. The molecule has 1 saturated carbocycles. The summed E-state index contributed by atoms with van der Waals surface area (Å²) in [4.78, 5) is 8.71. The van der Waals surface area contributed by atoms with Crippen molar-refractivity contribution in [2.75, 3.05) is 20.8 Å². The fraction of sp³-hybridized carbons (Fsp3) is 0.714. The number of nitrogens with one attached hydrogen (secondary N) is 1. The second-order valence-corrected chi connectivity index (χ2v) is 4.88. The summed E-state index contributed by atoms with van der Waals surface area (Å²) < 4.78 is 11.5. The number of aromatic nitrogens is 2. The zero-order valence-corrected chi connectivity index (χ0v) is 12.0. The van der Waals surface area contributed by atoms with Gasteiger partial charge in [-0.1, -0.05) is 12.8 Å². The molecule has 19 heavy (non-hydrogen) atoms. The van der Waals surface area contributed by atoms with Gasteiger partial charge < -0.3 is 14.8 Å². The van der Waals surface area contributed by atoms with Crippen LogP contribution in [0.5, 0.6) is 5.88 Å². The van der Waals surface area contributed by atoms with Crippen molar-refractivity contribution < 1.29 is 9.47 Å². The van der Waals surface area contributed by atoms with Crippen LogP contribution in [0.1, 0.15) is 44.3 Å². The van der Waals surface area contributed by atoms with Crippen LogP contribution in [0.4, 0.5) is 0 Å². The third-order valence-corrected chi connectivity index (χ3v) is 3.85. The first-order valence-electron chi connectivity index (χ1n) is 6.93. The zero-order valence-electron chi connectivity index (χ0n) is 12.0. The first kappa shape index (κ1) is 14.2. The highest BCUT2D eigenvalue weighted by Gasteiger charge is 2.44. The van der Waals surface area contributed by atoms with Crippen molar-refractivity contribution >= 4 is 0 Å². The highest BCUT2D eigenvalue weighted by Crippen LogP contribution is 2.43. The Morgan fingerprint density at radius 1 is 1.32 bits per heavy atom. The van der Waals surface area contributed by atoms with Crippen LogP contribution in [0, 0.1) is 0 Å². The molecule has 0 radical (unpaired) electrons. The number of nitrogens with zero attached hydrogens (tertiary/aromatic N) is 2. The maximum Gasteiger partial charge on any atom is 0.237 e. The summed E-state index contributed by atoms with van der Waals surface area (Å²) in [5.41, 5.74) is 0.648. The molecule has 0 amide bonds. The Morgan fingerprint density at radius 2 is 2.00 bits per heavy atom. The van der Waals surface area contributed by atoms with E-state index >= 15 is 0 Å². The van der Waals surface area contributed by atoms with Crippen molar-refractivity contribution in [2.45, 2.75) is 44.2 Å². The van der Waals surface area contributed by atoms with Crippen molar-refractivity contribution in [1.82, 2.24) is 15.3 Å². The number of methoxy groups -OCH3 is 1. The van der Waals surface area contributed by atoms with Crippen LogP contribution < -0.4 is 10.1 Å². The van der Waals surface area contributed by atoms with Crippen LogP contribution in [0.2, 0.25) is 0 Å². The molecule has 0 bridgehead atoms. The van der Waals surface area contributed by atoms with Gasteiger partial charge >= 0.3 is 0 Å². The van der Waals surface area contributed by atoms with E-state index < -0.39 is 0 Å². The molecule has 0 aliphatic heterocycles. The molecule has 1 aromatic heterocycles. The minimum Gasteiger partial charge on any atom is -0.480 e. The van der Waals surface area contributed by atoms with E-state index in [1.807, 2.05) is 14.0 Å². The summed E-state index contributed by atoms with van der Waals surface area (Å²) in [6, 6.07) is 0.0126. The Balaban J connectivity index is 2.37. The lowest BCUT2D eigenvalue weighted by molar-refractivity contribution is -0.0625. The van der Waals surface area contributed by atoms with E-state index in [-0.39, 0.29) is 11.6 Å². The topological polar surface area (TPSA) is 56.3 Å². The van der Waals surface area contributed by atoms with Gasteiger partial charge in [0.25, 0.3) is 0 Å². The summed E-state index contributed by atoms with van der Waals surface area (Å²) in [5, 5.41) is 3.35. The van der Waals surface area contributed by atoms with Crippen LogP contribution >= 0.6 is 0 Å². The molecule has 1 atom stereocenters. The predicted octanol–water partition coefficient (Wildman–Crippen LogP) is 2.09. The fourth-order valence-electron chi connectivity index (χ4n) is 3.12. The van der Waals surface area contributed by atoms with Crippen LogP contribution in [-0.2, 0) is 4.74 Å². The highest BCUT2D eigenvalue weighted by atomic mass is 16.5. The molecule has 1 aromatic rings. The SMILES string of the molecule is CCOC1(C(NC)c2nccnc2OC)CCCC1. The molecule has 2 rings (SSSR count). The van der Waals surface area contributed by atoms with E-state index in [2.05, 4.69) is 15.3 Å². The van der Waals surface area contributed by atoms with Crippen LogP contribution in [-0.4, -0.2) is 36.3 Å². The van der Waals surface area contributed by atoms with Crippen molar-refractivity contribution in [2.24, 2.45) is 0 Å². The Morgan fingerprint density at radius 3 is 2.58 bits per heavy atom. The number of ether oxygens (including phenoxy) is 2. The molecule has 5 heteroatoms. The summed E-state index contributed by atoms with van der Waals surface area (Å²) >= 11 is 0. The third kappa shape index (κ3) is 2.72. The Hall–Kier alpha value is -1.20. The molecule has 0 aromatic carbocycles. The molecule has 5 nitrogen and oxygen atoms in total. The van der Waals surface area contributed by atoms with Crippen LogP contribution in [0.15, 0.2) is 12.4 Å². The van der Waals surface area contributed by atoms with Gasteiger partial charge in [0.15, 0.2) is 0 Å². The number of likely N-dealkylation sites (N-methyl/N-ethyl adjacent to an activating group) is 1. The first-order valence-corrected chi connectivity index (χ1v) is 6.93. The van der Waals surface area contributed by atoms with Crippen LogP contribution in [0.3, 0.4) is 0 Å². The summed E-state index contributed by atoms with van der Waals surface area (Å²) in [5.74, 6) is 0.577. The maximum absolute atomic E-state index is 6.11. The van der Waals surface area contributed by atoms with Gasteiger partial charge in [-0.15, -0.1) is 0 Å². The molecule has 0 saturated heterocycles. The fourth-order valence-corrected chi connectivity index (χ4v) is 3.12. The van der Waals surface area contributed by atoms with E-state index in [0.717, 1.165) is 18.5 Å². The monoisotopic (exact) mass is 265 g/mol. The van der Waals surface area contributed by atoms with Gasteiger partial charge in [-0.05, 0) is 26.8 Å². The Kier molecular flexibility index (Phi) is 4.71. The zero-order chi connectivity index (χ0) is 13.7. The third-order valence-electron chi connectivity index (χ3n) is 3.85. The molecular weight excluding hydrogens is 242 g/mol. The van der Waals surface area contributed by atoms with Gasteiger partial charge in [0.2, 0.25) is 5.88 Å². The van der Waals surface area contributed by atoms with Gasteiger partial charge in [0, 0.05) is 19.0 Å². The van der Waals surface area contributed by atoms with E-state index in [1.54, 1.807) is 19.5 Å². The molecular formula is C14H23N3O2. The van der Waals surface area contributed by atoms with E-state index in [4.69, 9.17) is 9.47 Å². The van der Waals surface area contributed by atoms with Crippen molar-refractivity contribution in [1.29, 1.82) is 0 Å². The summed E-state index contributed by atoms with van der Waals surface area (Å²) in [7, 11) is 3.57. The molecule has 1 aliphatic rings. The van der Waals surface area contributed by atoms with E-state index in [0.29, 0.717) is 12.5 Å². The normalized spacial score (nSPS) is 19.3. The largest absolute Gasteiger partial charge is 0.480 e. The lowest BCUT2D eigenvalue weighted by Gasteiger charge is -2.37. The van der Waals surface area contributed by atoms with E-state index in [9.17, 15) is 0 Å². The number of hydrogen-bond acceptors (Lipinski definition) is 5. The Labute approximate surface area is 114 Å². The molecule has 1 N–H and O–H groups in total. The maximum atomic E-state index is 6.11. The molecule has 0 spiro atoms. The summed E-state index contributed by atoms with van der Waals surface area (Å²) in [6.45, 7) is 2.75. The van der Waals surface area contributed by atoms with E-state index in [1.165, 1.54) is 12.8 Å². The van der Waals surface area contributed by atoms with Gasteiger partial charge in [0.1, 0.15) is 5.69 Å². The van der Waals surface area contributed by atoms with Crippen molar-refractivity contribution in [3.63, 3.8) is 0 Å². The van der Waals surface area contributed by atoms with Crippen LogP contribution in [0.25, 0.3) is 0 Å². The molecule has 1 heterocycles. The quantitative estimate of drug-likeness (QED) is 0.853. The molecule has 106 valence electrons. The standard InChI is InChI=1S/C14H23N3O2/c1-4-19-14(7-5-6-8-14)12(15-2)11-13(18-3)17-10-9-16-11/h9-10,12,15H,4-8H2,1-3H3. The second kappa shape index (κ2) is 6.30.